The Labute approximate surface area is 119 Å². The third-order valence-corrected chi connectivity index (χ3v) is 3.22. The molecule has 1 aromatic rings. The molecule has 1 rings (SSSR count). The summed E-state index contributed by atoms with van der Waals surface area (Å²) >= 11 is 11.3. The van der Waals surface area contributed by atoms with E-state index < -0.39 is 0 Å². The molecular formula is C14H19Cl2NO. The molecule has 0 amide bonds. The fourth-order valence-corrected chi connectivity index (χ4v) is 1.85. The first-order chi connectivity index (χ1) is 8.58. The fraction of sp³-hybridized carbons (Fsp3) is 0.429. The third kappa shape index (κ3) is 4.52. The van der Waals surface area contributed by atoms with Crippen molar-refractivity contribution in [1.29, 1.82) is 0 Å². The Balaban J connectivity index is 2.89. The van der Waals surface area contributed by atoms with Gasteiger partial charge in [0.2, 0.25) is 0 Å². The minimum absolute atomic E-state index is 0.239. The molecule has 1 unspecified atom stereocenters. The maximum atomic E-state index is 5.83. The van der Waals surface area contributed by atoms with Gasteiger partial charge in [0.05, 0.1) is 5.03 Å². The van der Waals surface area contributed by atoms with Crippen LogP contribution in [0.1, 0.15) is 31.0 Å². The second kappa shape index (κ2) is 7.67. The maximum Gasteiger partial charge on any atom is 0.125 e. The minimum Gasteiger partial charge on any atom is -0.488 e. The van der Waals surface area contributed by atoms with Gasteiger partial charge in [0.1, 0.15) is 12.4 Å². The van der Waals surface area contributed by atoms with Gasteiger partial charge in [-0.05, 0) is 26.5 Å². The van der Waals surface area contributed by atoms with Gasteiger partial charge >= 0.3 is 0 Å². The summed E-state index contributed by atoms with van der Waals surface area (Å²) in [6.45, 7) is 7.47. The van der Waals surface area contributed by atoms with Crippen LogP contribution >= 0.6 is 23.2 Å². The van der Waals surface area contributed by atoms with Crippen molar-refractivity contribution in [2.75, 3.05) is 13.2 Å². The van der Waals surface area contributed by atoms with E-state index in [-0.39, 0.29) is 6.04 Å². The van der Waals surface area contributed by atoms with Crippen LogP contribution in [0.3, 0.4) is 0 Å². The number of hydrogen-bond acceptors (Lipinski definition) is 2. The molecule has 0 aromatic heterocycles. The van der Waals surface area contributed by atoms with Crippen molar-refractivity contribution >= 4 is 23.2 Å². The quantitative estimate of drug-likeness (QED) is 0.839. The molecule has 0 fully saturated rings. The van der Waals surface area contributed by atoms with E-state index in [0.29, 0.717) is 11.6 Å². The summed E-state index contributed by atoms with van der Waals surface area (Å²) < 4.78 is 5.69. The molecule has 0 aliphatic heterocycles. The summed E-state index contributed by atoms with van der Waals surface area (Å²) in [5, 5.41) is 3.86. The second-order valence-corrected chi connectivity index (χ2v) is 4.87. The number of aryl methyl sites for hydroxylation is 1. The molecule has 0 radical (unpaired) electrons. The van der Waals surface area contributed by atoms with Gasteiger partial charge in [0.25, 0.3) is 0 Å². The van der Waals surface area contributed by atoms with Crippen LogP contribution in [-0.2, 0) is 0 Å². The van der Waals surface area contributed by atoms with Crippen LogP contribution in [0.5, 0.6) is 5.75 Å². The lowest BCUT2D eigenvalue weighted by Gasteiger charge is -2.18. The monoisotopic (exact) mass is 287 g/mol. The highest BCUT2D eigenvalue weighted by Crippen LogP contribution is 2.27. The summed E-state index contributed by atoms with van der Waals surface area (Å²) in [6.07, 6.45) is 0. The van der Waals surface area contributed by atoms with Crippen LogP contribution in [0.2, 0.25) is 0 Å². The van der Waals surface area contributed by atoms with Gasteiger partial charge < -0.3 is 10.1 Å². The van der Waals surface area contributed by atoms with E-state index in [2.05, 4.69) is 32.2 Å². The summed E-state index contributed by atoms with van der Waals surface area (Å²) in [6, 6.07) is 6.36. The molecule has 1 aromatic carbocycles. The molecule has 0 aliphatic carbocycles. The number of rotatable bonds is 6. The normalized spacial score (nSPS) is 13.5. The lowest BCUT2D eigenvalue weighted by atomic mass is 10.0. The molecule has 0 bridgehead atoms. The molecule has 2 nitrogen and oxygen atoms in total. The number of benzene rings is 1. The summed E-state index contributed by atoms with van der Waals surface area (Å²) in [7, 11) is 0. The molecular weight excluding hydrogens is 269 g/mol. The molecule has 0 saturated carbocycles. The smallest absolute Gasteiger partial charge is 0.125 e. The third-order valence-electron chi connectivity index (χ3n) is 2.63. The molecule has 1 N–H and O–H groups in total. The predicted octanol–water partition coefficient (Wildman–Crippen LogP) is 4.36. The molecule has 0 heterocycles. The van der Waals surface area contributed by atoms with Crippen LogP contribution in [0.4, 0.5) is 0 Å². The summed E-state index contributed by atoms with van der Waals surface area (Å²) in [5.74, 6) is 0.839. The van der Waals surface area contributed by atoms with Crippen LogP contribution in [-0.4, -0.2) is 13.2 Å². The number of hydrogen-bond donors (Lipinski definition) is 1. The first-order valence-corrected chi connectivity index (χ1v) is 6.81. The largest absolute Gasteiger partial charge is 0.488 e. The molecule has 4 heteroatoms. The van der Waals surface area contributed by atoms with Gasteiger partial charge in [-0.2, -0.15) is 0 Å². The van der Waals surface area contributed by atoms with Gasteiger partial charge in [-0.3, -0.25) is 0 Å². The zero-order valence-corrected chi connectivity index (χ0v) is 12.5. The van der Waals surface area contributed by atoms with Gasteiger partial charge in [-0.25, -0.2) is 0 Å². The van der Waals surface area contributed by atoms with Crippen LogP contribution < -0.4 is 10.1 Å². The fourth-order valence-electron chi connectivity index (χ4n) is 1.73. The van der Waals surface area contributed by atoms with E-state index in [1.807, 2.05) is 12.1 Å². The van der Waals surface area contributed by atoms with Crippen LogP contribution in [0.25, 0.3) is 0 Å². The van der Waals surface area contributed by atoms with Crippen molar-refractivity contribution in [2.45, 2.75) is 26.8 Å². The Morgan fingerprint density at radius 2 is 2.22 bits per heavy atom. The Morgan fingerprint density at radius 1 is 1.50 bits per heavy atom. The lowest BCUT2D eigenvalue weighted by Crippen LogP contribution is -2.18. The van der Waals surface area contributed by atoms with E-state index >= 15 is 0 Å². The van der Waals surface area contributed by atoms with Gasteiger partial charge in [0.15, 0.2) is 0 Å². The van der Waals surface area contributed by atoms with Crippen LogP contribution in [0, 0.1) is 6.92 Å². The van der Waals surface area contributed by atoms with Gasteiger partial charge in [0, 0.05) is 17.1 Å². The molecule has 1 atom stereocenters. The van der Waals surface area contributed by atoms with Crippen molar-refractivity contribution in [3.05, 3.63) is 39.9 Å². The highest BCUT2D eigenvalue weighted by Gasteiger charge is 2.11. The Bertz CT molecular complexity index is 418. The predicted molar refractivity (Wildman–Crippen MR) is 78.6 cm³/mol. The minimum atomic E-state index is 0.239. The number of ether oxygens (including phenoxy) is 1. The second-order valence-electron chi connectivity index (χ2n) is 4.17. The molecule has 0 aliphatic rings. The number of halogens is 2. The average Bonchev–Trinajstić information content (AvgIpc) is 2.37. The van der Waals surface area contributed by atoms with Gasteiger partial charge in [-0.1, -0.05) is 47.8 Å². The topological polar surface area (TPSA) is 21.3 Å². The van der Waals surface area contributed by atoms with Crippen molar-refractivity contribution in [3.63, 3.8) is 0 Å². The van der Waals surface area contributed by atoms with E-state index in [9.17, 15) is 0 Å². The van der Waals surface area contributed by atoms with Crippen molar-refractivity contribution in [2.24, 2.45) is 0 Å². The SMILES string of the molecule is CCNC(C)c1cc(C)ccc1OCC(Cl)=CCl. The van der Waals surface area contributed by atoms with Crippen molar-refractivity contribution < 1.29 is 4.74 Å². The molecule has 0 spiro atoms. The highest BCUT2D eigenvalue weighted by atomic mass is 35.5. The Morgan fingerprint density at radius 3 is 2.83 bits per heavy atom. The lowest BCUT2D eigenvalue weighted by molar-refractivity contribution is 0.350. The first-order valence-electron chi connectivity index (χ1n) is 6.00. The molecule has 100 valence electrons. The van der Waals surface area contributed by atoms with Crippen molar-refractivity contribution in [3.8, 4) is 5.75 Å². The van der Waals surface area contributed by atoms with Crippen molar-refractivity contribution in [1.82, 2.24) is 5.32 Å². The summed E-state index contributed by atoms with van der Waals surface area (Å²) in [5.41, 5.74) is 3.67. The molecule has 0 saturated heterocycles. The average molecular weight is 288 g/mol. The Hall–Kier alpha value is -0.700. The van der Waals surface area contributed by atoms with Crippen LogP contribution in [0.15, 0.2) is 28.8 Å². The zero-order chi connectivity index (χ0) is 13.5. The van der Waals surface area contributed by atoms with E-state index in [4.69, 9.17) is 27.9 Å². The van der Waals surface area contributed by atoms with E-state index in [0.717, 1.165) is 17.9 Å². The van der Waals surface area contributed by atoms with E-state index in [1.54, 1.807) is 0 Å². The maximum absolute atomic E-state index is 5.83. The first kappa shape index (κ1) is 15.4. The molecule has 18 heavy (non-hydrogen) atoms. The summed E-state index contributed by atoms with van der Waals surface area (Å²) in [4.78, 5) is 0. The standard InChI is InChI=1S/C14H19Cl2NO/c1-4-17-11(3)13-7-10(2)5-6-14(13)18-9-12(16)8-15/h5-8,11,17H,4,9H2,1-3H3. The zero-order valence-electron chi connectivity index (χ0n) is 11.0. The number of nitrogens with one attached hydrogen (secondary N) is 1. The highest BCUT2D eigenvalue weighted by molar-refractivity contribution is 6.36. The van der Waals surface area contributed by atoms with E-state index in [1.165, 1.54) is 11.1 Å². The Kier molecular flexibility index (Phi) is 6.55. The van der Waals surface area contributed by atoms with Gasteiger partial charge in [-0.15, -0.1) is 0 Å².